The van der Waals surface area contributed by atoms with Gasteiger partial charge in [-0.15, -0.1) is 0 Å². The van der Waals surface area contributed by atoms with Crippen molar-refractivity contribution in [1.82, 2.24) is 4.90 Å². The molecule has 0 radical (unpaired) electrons. The van der Waals surface area contributed by atoms with Crippen LogP contribution >= 0.6 is 0 Å². The third-order valence-corrected chi connectivity index (χ3v) is 6.38. The van der Waals surface area contributed by atoms with E-state index >= 15 is 0 Å². The number of halogens is 1. The van der Waals surface area contributed by atoms with Gasteiger partial charge in [0.05, 0.1) is 18.2 Å². The standard InChI is InChI=1S/C29H26FNO7/c1-35-12-11-31-26(19-3-2-4-22(15-19)38-17-18-5-8-21(30)9-6-18)25(28(33)29(31)34)27(32)20-7-10-23-24(16-20)37-14-13-36-23/h2-10,15-16,26,32H,11-14,17H2,1H3/b27-25-. The molecule has 2 aliphatic rings. The highest BCUT2D eigenvalue weighted by Gasteiger charge is 2.46. The van der Waals surface area contributed by atoms with Crippen LogP contribution in [0.3, 0.4) is 0 Å². The van der Waals surface area contributed by atoms with Crippen molar-refractivity contribution in [2.45, 2.75) is 12.6 Å². The summed E-state index contributed by atoms with van der Waals surface area (Å²) in [7, 11) is 1.50. The summed E-state index contributed by atoms with van der Waals surface area (Å²) in [6.45, 7) is 1.33. The van der Waals surface area contributed by atoms with Crippen molar-refractivity contribution in [3.63, 3.8) is 0 Å². The van der Waals surface area contributed by atoms with Crippen LogP contribution in [0.2, 0.25) is 0 Å². The van der Waals surface area contributed by atoms with E-state index in [-0.39, 0.29) is 36.9 Å². The fraction of sp³-hybridized carbons (Fsp3) is 0.241. The smallest absolute Gasteiger partial charge is 0.295 e. The molecule has 9 heteroatoms. The summed E-state index contributed by atoms with van der Waals surface area (Å²) in [5.74, 6) is -0.705. The number of carbonyl (C=O) groups is 2. The predicted molar refractivity (Wildman–Crippen MR) is 135 cm³/mol. The number of ketones is 1. The van der Waals surface area contributed by atoms with Crippen LogP contribution in [-0.4, -0.2) is 55.2 Å². The summed E-state index contributed by atoms with van der Waals surface area (Å²) in [6.07, 6.45) is 0. The number of rotatable bonds is 8. The van der Waals surface area contributed by atoms with Crippen LogP contribution < -0.4 is 14.2 Å². The van der Waals surface area contributed by atoms with E-state index in [1.165, 1.54) is 24.1 Å². The lowest BCUT2D eigenvalue weighted by Gasteiger charge is -2.25. The van der Waals surface area contributed by atoms with Gasteiger partial charge in [0.15, 0.2) is 11.5 Å². The number of likely N-dealkylation sites (tertiary alicyclic amines) is 1. The Bertz CT molecular complexity index is 1390. The first-order valence-corrected chi connectivity index (χ1v) is 12.1. The minimum absolute atomic E-state index is 0.0431. The summed E-state index contributed by atoms with van der Waals surface area (Å²) >= 11 is 0. The molecule has 1 atom stereocenters. The third kappa shape index (κ3) is 5.05. The Morgan fingerprint density at radius 3 is 2.55 bits per heavy atom. The highest BCUT2D eigenvalue weighted by atomic mass is 19.1. The van der Waals surface area contributed by atoms with Crippen LogP contribution in [0.5, 0.6) is 17.2 Å². The quantitative estimate of drug-likeness (QED) is 0.270. The van der Waals surface area contributed by atoms with Crippen LogP contribution in [0.25, 0.3) is 5.76 Å². The maximum Gasteiger partial charge on any atom is 0.295 e. The molecule has 38 heavy (non-hydrogen) atoms. The molecule has 8 nitrogen and oxygen atoms in total. The molecule has 1 amide bonds. The Balaban J connectivity index is 1.51. The number of aliphatic hydroxyl groups is 1. The molecule has 1 unspecified atom stereocenters. The van der Waals surface area contributed by atoms with Gasteiger partial charge in [-0.3, -0.25) is 9.59 Å². The second-order valence-corrected chi connectivity index (χ2v) is 8.83. The molecular formula is C29H26FNO7. The van der Waals surface area contributed by atoms with Crippen LogP contribution in [0.15, 0.2) is 72.3 Å². The molecule has 0 aromatic heterocycles. The lowest BCUT2D eigenvalue weighted by molar-refractivity contribution is -0.140. The zero-order valence-electron chi connectivity index (χ0n) is 20.7. The number of hydrogen-bond acceptors (Lipinski definition) is 7. The van der Waals surface area contributed by atoms with E-state index in [0.717, 1.165) is 5.56 Å². The van der Waals surface area contributed by atoms with Gasteiger partial charge in [-0.25, -0.2) is 4.39 Å². The largest absolute Gasteiger partial charge is 0.507 e. The second-order valence-electron chi connectivity index (χ2n) is 8.83. The van der Waals surface area contributed by atoms with Crippen LogP contribution in [-0.2, 0) is 20.9 Å². The molecule has 0 aliphatic carbocycles. The fourth-order valence-electron chi connectivity index (χ4n) is 4.51. The van der Waals surface area contributed by atoms with Crippen molar-refractivity contribution < 1.29 is 38.0 Å². The Morgan fingerprint density at radius 2 is 1.79 bits per heavy atom. The topological polar surface area (TPSA) is 94.5 Å². The minimum atomic E-state index is -0.868. The molecule has 1 fully saturated rings. The van der Waals surface area contributed by atoms with Gasteiger partial charge in [0.1, 0.15) is 37.1 Å². The number of ether oxygens (including phenoxy) is 4. The molecule has 0 saturated carbocycles. The Hall–Kier alpha value is -4.37. The zero-order valence-corrected chi connectivity index (χ0v) is 20.7. The molecule has 1 N–H and O–H groups in total. The number of Topliss-reactive ketones (excluding diaryl/α,β-unsaturated/α-hetero) is 1. The molecule has 3 aromatic rings. The van der Waals surface area contributed by atoms with Crippen molar-refractivity contribution >= 4 is 17.4 Å². The van der Waals surface area contributed by atoms with E-state index in [1.54, 1.807) is 54.6 Å². The number of methoxy groups -OCH3 is 1. The Morgan fingerprint density at radius 1 is 1.03 bits per heavy atom. The first-order chi connectivity index (χ1) is 18.5. The lowest BCUT2D eigenvalue weighted by Crippen LogP contribution is -2.32. The highest BCUT2D eigenvalue weighted by molar-refractivity contribution is 6.46. The Kier molecular flexibility index (Phi) is 7.28. The number of aliphatic hydroxyl groups excluding tert-OH is 1. The monoisotopic (exact) mass is 519 g/mol. The van der Waals surface area contributed by atoms with E-state index < -0.39 is 17.7 Å². The first kappa shape index (κ1) is 25.3. The molecule has 2 aliphatic heterocycles. The van der Waals surface area contributed by atoms with E-state index in [9.17, 15) is 19.1 Å². The SMILES string of the molecule is COCCN1C(=O)C(=O)/C(=C(\O)c2ccc3c(c2)OCCO3)C1c1cccc(OCc2ccc(F)cc2)c1. The molecule has 1 saturated heterocycles. The summed E-state index contributed by atoms with van der Waals surface area (Å²) in [5, 5.41) is 11.3. The van der Waals surface area contributed by atoms with Gasteiger partial charge in [0, 0.05) is 19.2 Å². The second kappa shape index (κ2) is 10.9. The molecule has 196 valence electrons. The first-order valence-electron chi connectivity index (χ1n) is 12.1. The van der Waals surface area contributed by atoms with Crippen molar-refractivity contribution in [1.29, 1.82) is 0 Å². The average molecular weight is 520 g/mol. The number of carbonyl (C=O) groups excluding carboxylic acids is 2. The lowest BCUT2D eigenvalue weighted by atomic mass is 9.95. The maximum absolute atomic E-state index is 13.2. The van der Waals surface area contributed by atoms with E-state index in [4.69, 9.17) is 18.9 Å². The Labute approximate surface area is 218 Å². The number of nitrogens with zero attached hydrogens (tertiary/aromatic N) is 1. The summed E-state index contributed by atoms with van der Waals surface area (Å²) < 4.78 is 35.5. The van der Waals surface area contributed by atoms with Crippen molar-refractivity contribution in [3.05, 3.63) is 94.8 Å². The predicted octanol–water partition coefficient (Wildman–Crippen LogP) is 4.24. The number of fused-ring (bicyclic) bond motifs is 1. The zero-order chi connectivity index (χ0) is 26.6. The van der Waals surface area contributed by atoms with Crippen LogP contribution in [0, 0.1) is 5.82 Å². The van der Waals surface area contributed by atoms with Gasteiger partial charge in [-0.05, 0) is 53.6 Å². The van der Waals surface area contributed by atoms with Gasteiger partial charge in [0.2, 0.25) is 0 Å². The normalized spacial score (nSPS) is 18.1. The fourth-order valence-corrected chi connectivity index (χ4v) is 4.51. The molecule has 2 heterocycles. The van der Waals surface area contributed by atoms with E-state index in [2.05, 4.69) is 0 Å². The summed E-state index contributed by atoms with van der Waals surface area (Å²) in [6, 6.07) is 16.9. The number of hydrogen-bond donors (Lipinski definition) is 1. The van der Waals surface area contributed by atoms with Gasteiger partial charge in [-0.2, -0.15) is 0 Å². The third-order valence-electron chi connectivity index (χ3n) is 6.38. The maximum atomic E-state index is 13.2. The van der Waals surface area contributed by atoms with Crippen molar-refractivity contribution in [3.8, 4) is 17.2 Å². The minimum Gasteiger partial charge on any atom is -0.507 e. The number of benzene rings is 3. The molecule has 0 bridgehead atoms. The molecule has 3 aromatic carbocycles. The van der Waals surface area contributed by atoms with Gasteiger partial charge < -0.3 is 29.0 Å². The summed E-state index contributed by atoms with van der Waals surface area (Å²) in [4.78, 5) is 27.7. The van der Waals surface area contributed by atoms with E-state index in [1.807, 2.05) is 0 Å². The average Bonchev–Trinajstić information content (AvgIpc) is 3.20. The summed E-state index contributed by atoms with van der Waals surface area (Å²) in [5.41, 5.74) is 1.64. The van der Waals surface area contributed by atoms with Crippen LogP contribution in [0.4, 0.5) is 4.39 Å². The molecule has 0 spiro atoms. The van der Waals surface area contributed by atoms with Crippen molar-refractivity contribution in [2.75, 3.05) is 33.5 Å². The van der Waals surface area contributed by atoms with Crippen LogP contribution in [0.1, 0.15) is 22.7 Å². The molecular weight excluding hydrogens is 493 g/mol. The van der Waals surface area contributed by atoms with Gasteiger partial charge in [0.25, 0.3) is 11.7 Å². The number of amides is 1. The van der Waals surface area contributed by atoms with Gasteiger partial charge >= 0.3 is 0 Å². The van der Waals surface area contributed by atoms with E-state index in [0.29, 0.717) is 41.6 Å². The molecule has 5 rings (SSSR count). The highest BCUT2D eigenvalue weighted by Crippen LogP contribution is 2.41. The van der Waals surface area contributed by atoms with Crippen molar-refractivity contribution in [2.24, 2.45) is 0 Å². The van der Waals surface area contributed by atoms with Gasteiger partial charge in [-0.1, -0.05) is 24.3 Å².